The first-order valence-corrected chi connectivity index (χ1v) is 18.9. The number of aliphatic hydroxyl groups is 1. The molecule has 248 valence electrons. The van der Waals surface area contributed by atoms with E-state index in [1.165, 1.54) is 36.4 Å². The summed E-state index contributed by atoms with van der Waals surface area (Å²) in [6.07, 6.45) is 11.7. The van der Waals surface area contributed by atoms with Crippen LogP contribution in [-0.4, -0.2) is 42.6 Å². The molecule has 11 heteroatoms. The van der Waals surface area contributed by atoms with Gasteiger partial charge < -0.3 is 20.2 Å². The molecule has 5 aromatic rings. The second-order valence-corrected chi connectivity index (χ2v) is 14.9. The summed E-state index contributed by atoms with van der Waals surface area (Å²) in [5.74, 6) is 0. The SMILES string of the molecule is CCCCCCCCc1csc(N2c3ccc(S(=O)(=O)N(CCN)c4ccccc4)cc3CC2CC(O)c2cnc3occc3c2)n1. The number of aliphatic hydroxyl groups excluding tert-OH is 1. The van der Waals surface area contributed by atoms with Gasteiger partial charge in [0, 0.05) is 41.8 Å². The van der Waals surface area contributed by atoms with Crippen LogP contribution in [0.2, 0.25) is 0 Å². The number of benzene rings is 2. The molecular formula is C36H43N5O4S2. The minimum atomic E-state index is -3.88. The van der Waals surface area contributed by atoms with E-state index in [1.807, 2.05) is 36.4 Å². The fraction of sp³-hybridized carbons (Fsp3) is 0.389. The Balaban J connectivity index is 1.28. The monoisotopic (exact) mass is 673 g/mol. The Morgan fingerprint density at radius 2 is 1.89 bits per heavy atom. The number of hydrogen-bond donors (Lipinski definition) is 2. The molecular weight excluding hydrogens is 631 g/mol. The first-order chi connectivity index (χ1) is 22.9. The fourth-order valence-corrected chi connectivity index (χ4v) is 8.87. The summed E-state index contributed by atoms with van der Waals surface area (Å²) in [6, 6.07) is 18.0. The van der Waals surface area contributed by atoms with E-state index in [0.29, 0.717) is 29.8 Å². The summed E-state index contributed by atoms with van der Waals surface area (Å²) in [6.45, 7) is 2.59. The Morgan fingerprint density at radius 3 is 2.70 bits per heavy atom. The normalized spacial score (nSPS) is 15.3. The highest BCUT2D eigenvalue weighted by Crippen LogP contribution is 2.44. The third kappa shape index (κ3) is 7.38. The Labute approximate surface area is 281 Å². The maximum atomic E-state index is 14.0. The lowest BCUT2D eigenvalue weighted by Gasteiger charge is -2.27. The molecule has 0 amide bonds. The first kappa shape index (κ1) is 33.1. The maximum absolute atomic E-state index is 14.0. The zero-order chi connectivity index (χ0) is 32.8. The van der Waals surface area contributed by atoms with Gasteiger partial charge in [0.2, 0.25) is 5.71 Å². The zero-order valence-electron chi connectivity index (χ0n) is 26.8. The number of thiazole rings is 1. The van der Waals surface area contributed by atoms with Gasteiger partial charge in [-0.25, -0.2) is 18.4 Å². The van der Waals surface area contributed by atoms with Crippen molar-refractivity contribution >= 4 is 49.0 Å². The van der Waals surface area contributed by atoms with Crippen molar-refractivity contribution in [2.75, 3.05) is 22.3 Å². The Bertz CT molecular complexity index is 1870. The predicted molar refractivity (Wildman–Crippen MR) is 189 cm³/mol. The fourth-order valence-electron chi connectivity index (χ4n) is 6.40. The summed E-state index contributed by atoms with van der Waals surface area (Å²) in [5.41, 5.74) is 10.6. The molecule has 2 aromatic carbocycles. The Hall–Kier alpha value is -3.77. The van der Waals surface area contributed by atoms with E-state index in [0.717, 1.165) is 40.3 Å². The van der Waals surface area contributed by atoms with E-state index in [9.17, 15) is 13.5 Å². The molecule has 2 atom stereocenters. The van der Waals surface area contributed by atoms with Crippen molar-refractivity contribution in [3.63, 3.8) is 0 Å². The summed E-state index contributed by atoms with van der Waals surface area (Å²) >= 11 is 1.60. The van der Waals surface area contributed by atoms with Gasteiger partial charge in [0.15, 0.2) is 5.13 Å². The molecule has 9 nitrogen and oxygen atoms in total. The van der Waals surface area contributed by atoms with Crippen molar-refractivity contribution < 1.29 is 17.9 Å². The van der Waals surface area contributed by atoms with E-state index < -0.39 is 16.1 Å². The largest absolute Gasteiger partial charge is 0.446 e. The van der Waals surface area contributed by atoms with Crippen LogP contribution < -0.4 is 14.9 Å². The molecule has 1 aliphatic heterocycles. The van der Waals surface area contributed by atoms with Crippen molar-refractivity contribution in [3.05, 3.63) is 95.3 Å². The lowest BCUT2D eigenvalue weighted by Crippen LogP contribution is -2.35. The topological polar surface area (TPSA) is 126 Å². The highest BCUT2D eigenvalue weighted by atomic mass is 32.2. The summed E-state index contributed by atoms with van der Waals surface area (Å²) < 4.78 is 34.7. The second kappa shape index (κ2) is 15.0. The van der Waals surface area contributed by atoms with E-state index in [4.69, 9.17) is 15.1 Å². The molecule has 0 spiro atoms. The number of para-hydroxylation sites is 1. The van der Waals surface area contributed by atoms with Gasteiger partial charge in [-0.05, 0) is 79.3 Å². The van der Waals surface area contributed by atoms with E-state index in [1.54, 1.807) is 48.1 Å². The number of unbranched alkanes of at least 4 members (excludes halogenated alkanes) is 5. The van der Waals surface area contributed by atoms with Crippen LogP contribution in [0.3, 0.4) is 0 Å². The molecule has 0 radical (unpaired) electrons. The van der Waals surface area contributed by atoms with Crippen molar-refractivity contribution in [1.29, 1.82) is 0 Å². The van der Waals surface area contributed by atoms with Crippen molar-refractivity contribution in [2.24, 2.45) is 5.73 Å². The summed E-state index contributed by atoms with van der Waals surface area (Å²) in [4.78, 5) is 11.8. The van der Waals surface area contributed by atoms with Crippen molar-refractivity contribution in [1.82, 2.24) is 9.97 Å². The number of furan rings is 1. The molecule has 2 unspecified atom stereocenters. The van der Waals surface area contributed by atoms with E-state index in [-0.39, 0.29) is 24.0 Å². The number of hydrogen-bond acceptors (Lipinski definition) is 9. The molecule has 1 aliphatic rings. The highest BCUT2D eigenvalue weighted by molar-refractivity contribution is 7.92. The summed E-state index contributed by atoms with van der Waals surface area (Å²) in [7, 11) is -3.88. The average molecular weight is 674 g/mol. The van der Waals surface area contributed by atoms with Crippen molar-refractivity contribution in [2.45, 2.75) is 81.8 Å². The minimum absolute atomic E-state index is 0.139. The number of nitrogens with two attached hydrogens (primary N) is 1. The highest BCUT2D eigenvalue weighted by Gasteiger charge is 2.36. The van der Waals surface area contributed by atoms with Crippen molar-refractivity contribution in [3.8, 4) is 0 Å². The Morgan fingerprint density at radius 1 is 1.09 bits per heavy atom. The molecule has 6 rings (SSSR count). The zero-order valence-corrected chi connectivity index (χ0v) is 28.4. The standard InChI is InChI=1S/C36H43N5O4S2/c1-2-3-4-5-6-8-11-29-25-46-36(39-29)41-31(23-34(42)28-20-26-16-19-45-35(26)38-24-28)21-27-22-32(14-15-33(27)41)47(43,44)40(18-17-37)30-12-9-7-10-13-30/h7,9-10,12-16,19-20,22,24-25,31,34,42H,2-6,8,11,17-18,21,23,37H2,1H3. The van der Waals surface area contributed by atoms with E-state index >= 15 is 0 Å². The van der Waals surface area contributed by atoms with Crippen LogP contribution >= 0.6 is 11.3 Å². The van der Waals surface area contributed by atoms with Gasteiger partial charge in [-0.3, -0.25) is 4.31 Å². The van der Waals surface area contributed by atoms with Gasteiger partial charge in [0.05, 0.1) is 28.6 Å². The lowest BCUT2D eigenvalue weighted by atomic mass is 10.00. The van der Waals surface area contributed by atoms with Gasteiger partial charge in [-0.15, -0.1) is 11.3 Å². The third-order valence-corrected chi connectivity index (χ3v) is 11.5. The number of aryl methyl sites for hydroxylation is 1. The van der Waals surface area contributed by atoms with Crippen LogP contribution in [0.25, 0.3) is 11.1 Å². The van der Waals surface area contributed by atoms with Crippen LogP contribution in [0.1, 0.15) is 74.8 Å². The van der Waals surface area contributed by atoms with Crippen LogP contribution in [0, 0.1) is 0 Å². The van der Waals surface area contributed by atoms with Gasteiger partial charge >= 0.3 is 0 Å². The quantitative estimate of drug-likeness (QED) is 0.103. The maximum Gasteiger partial charge on any atom is 0.264 e. The predicted octanol–water partition coefficient (Wildman–Crippen LogP) is 7.53. The lowest BCUT2D eigenvalue weighted by molar-refractivity contribution is 0.158. The number of anilines is 3. The molecule has 3 aromatic heterocycles. The third-order valence-electron chi connectivity index (χ3n) is 8.84. The van der Waals surface area contributed by atoms with Gasteiger partial charge in [-0.1, -0.05) is 57.2 Å². The van der Waals surface area contributed by atoms with Gasteiger partial charge in [-0.2, -0.15) is 0 Å². The van der Waals surface area contributed by atoms with E-state index in [2.05, 4.69) is 22.2 Å². The first-order valence-electron chi connectivity index (χ1n) is 16.5. The van der Waals surface area contributed by atoms with Crippen LogP contribution in [0.15, 0.2) is 87.8 Å². The van der Waals surface area contributed by atoms with Gasteiger partial charge in [0.1, 0.15) is 0 Å². The molecule has 0 bridgehead atoms. The second-order valence-electron chi connectivity index (χ2n) is 12.2. The van der Waals surface area contributed by atoms with Crippen LogP contribution in [0.4, 0.5) is 16.5 Å². The number of sulfonamides is 1. The molecule has 4 heterocycles. The Kier molecular flexibility index (Phi) is 10.6. The number of rotatable bonds is 16. The molecule has 0 saturated carbocycles. The van der Waals surface area contributed by atoms with Gasteiger partial charge in [0.25, 0.3) is 10.0 Å². The average Bonchev–Trinajstić information content (AvgIpc) is 3.83. The number of aromatic nitrogens is 2. The van der Waals surface area contributed by atoms with Crippen LogP contribution in [0.5, 0.6) is 0 Å². The molecule has 0 aliphatic carbocycles. The molecule has 3 N–H and O–H groups in total. The summed E-state index contributed by atoms with van der Waals surface area (Å²) in [5, 5.41) is 15.3. The molecule has 0 saturated heterocycles. The smallest absolute Gasteiger partial charge is 0.264 e. The minimum Gasteiger partial charge on any atom is -0.446 e. The number of fused-ring (bicyclic) bond motifs is 2. The number of pyridine rings is 1. The van der Waals surface area contributed by atoms with Crippen LogP contribution in [-0.2, 0) is 22.9 Å². The molecule has 47 heavy (non-hydrogen) atoms. The molecule has 0 fully saturated rings. The number of nitrogens with zero attached hydrogens (tertiary/aromatic N) is 4.